The second-order valence-corrected chi connectivity index (χ2v) is 8.56. The number of thiophene rings is 1. The fourth-order valence-electron chi connectivity index (χ4n) is 2.87. The molecular weight excluding hydrogens is 431 g/mol. The number of fused-ring (bicyclic) bond motifs is 1. The van der Waals surface area contributed by atoms with Gasteiger partial charge in [-0.2, -0.15) is 0 Å². The Morgan fingerprint density at radius 1 is 1.21 bits per heavy atom. The lowest BCUT2D eigenvalue weighted by molar-refractivity contribution is 0.414. The van der Waals surface area contributed by atoms with Gasteiger partial charge in [0.1, 0.15) is 16.3 Å². The van der Waals surface area contributed by atoms with E-state index in [0.29, 0.717) is 32.7 Å². The largest absolute Gasteiger partial charge is 0.497 e. The van der Waals surface area contributed by atoms with Crippen LogP contribution in [0.2, 0.25) is 5.02 Å². The maximum atomic E-state index is 13.3. The summed E-state index contributed by atoms with van der Waals surface area (Å²) < 4.78 is 20.8. The van der Waals surface area contributed by atoms with Crippen LogP contribution in [0.1, 0.15) is 11.1 Å². The van der Waals surface area contributed by atoms with Crippen molar-refractivity contribution >= 4 is 44.9 Å². The van der Waals surface area contributed by atoms with E-state index < -0.39 is 0 Å². The van der Waals surface area contributed by atoms with Crippen molar-refractivity contribution in [2.45, 2.75) is 17.5 Å². The van der Waals surface area contributed by atoms with Gasteiger partial charge in [-0.15, -0.1) is 11.3 Å². The lowest BCUT2D eigenvalue weighted by Gasteiger charge is -2.13. The second-order valence-electron chi connectivity index (χ2n) is 6.29. The number of aromatic nitrogens is 2. The molecule has 0 fully saturated rings. The SMILES string of the molecule is COc1ccc(Cn2c(SCc3ccc(F)cc3Cl)nc3ccsc3c2=O)cc1. The minimum Gasteiger partial charge on any atom is -0.497 e. The maximum absolute atomic E-state index is 13.3. The van der Waals surface area contributed by atoms with Crippen LogP contribution >= 0.6 is 34.7 Å². The third-order valence-electron chi connectivity index (χ3n) is 4.40. The van der Waals surface area contributed by atoms with Crippen molar-refractivity contribution in [1.29, 1.82) is 0 Å². The third kappa shape index (κ3) is 4.32. The van der Waals surface area contributed by atoms with Crippen molar-refractivity contribution in [3.05, 3.63) is 86.2 Å². The molecule has 0 radical (unpaired) electrons. The van der Waals surface area contributed by atoms with Crippen LogP contribution in [0.5, 0.6) is 5.75 Å². The summed E-state index contributed by atoms with van der Waals surface area (Å²) >= 11 is 8.94. The maximum Gasteiger partial charge on any atom is 0.272 e. The third-order valence-corrected chi connectivity index (χ3v) is 6.67. The number of thioether (sulfide) groups is 1. The molecule has 0 aliphatic carbocycles. The molecule has 148 valence electrons. The van der Waals surface area contributed by atoms with Gasteiger partial charge in [-0.05, 0) is 46.8 Å². The van der Waals surface area contributed by atoms with Crippen LogP contribution in [0.15, 0.2) is 63.9 Å². The Bertz CT molecular complexity index is 1220. The number of nitrogens with zero attached hydrogens (tertiary/aromatic N) is 2. The summed E-state index contributed by atoms with van der Waals surface area (Å²) in [5.74, 6) is 0.857. The van der Waals surface area contributed by atoms with E-state index in [1.165, 1.54) is 35.2 Å². The highest BCUT2D eigenvalue weighted by molar-refractivity contribution is 7.98. The minimum atomic E-state index is -0.377. The average Bonchev–Trinajstić information content (AvgIpc) is 3.19. The van der Waals surface area contributed by atoms with E-state index in [2.05, 4.69) is 4.98 Å². The fourth-order valence-corrected chi connectivity index (χ4v) is 4.96. The van der Waals surface area contributed by atoms with Crippen molar-refractivity contribution in [1.82, 2.24) is 9.55 Å². The Hall–Kier alpha value is -2.35. The van der Waals surface area contributed by atoms with Crippen LogP contribution < -0.4 is 10.3 Å². The summed E-state index contributed by atoms with van der Waals surface area (Å²) in [6.45, 7) is 0.392. The van der Waals surface area contributed by atoms with Crippen molar-refractivity contribution in [2.75, 3.05) is 7.11 Å². The summed E-state index contributed by atoms with van der Waals surface area (Å²) in [4.78, 5) is 17.8. The van der Waals surface area contributed by atoms with Crippen LogP contribution in [-0.2, 0) is 12.3 Å². The number of methoxy groups -OCH3 is 1. The van der Waals surface area contributed by atoms with Gasteiger partial charge in [0.25, 0.3) is 5.56 Å². The number of ether oxygens (including phenoxy) is 1. The van der Waals surface area contributed by atoms with Gasteiger partial charge in [0.15, 0.2) is 5.16 Å². The van der Waals surface area contributed by atoms with Crippen molar-refractivity contribution in [3.63, 3.8) is 0 Å². The lowest BCUT2D eigenvalue weighted by Crippen LogP contribution is -2.23. The van der Waals surface area contributed by atoms with E-state index >= 15 is 0 Å². The first kappa shape index (κ1) is 19.9. The van der Waals surface area contributed by atoms with Crippen LogP contribution in [-0.4, -0.2) is 16.7 Å². The summed E-state index contributed by atoms with van der Waals surface area (Å²) in [5.41, 5.74) is 2.35. The van der Waals surface area contributed by atoms with Gasteiger partial charge in [-0.1, -0.05) is 41.6 Å². The molecule has 0 amide bonds. The Balaban J connectivity index is 1.69. The number of halogens is 2. The summed E-state index contributed by atoms with van der Waals surface area (Å²) in [5, 5.41) is 2.82. The fraction of sp³-hybridized carbons (Fsp3) is 0.143. The Morgan fingerprint density at radius 2 is 2.00 bits per heavy atom. The summed E-state index contributed by atoms with van der Waals surface area (Å²) in [6, 6.07) is 13.7. The predicted octanol–water partition coefficient (Wildman–Crippen LogP) is 5.60. The molecule has 4 nitrogen and oxygen atoms in total. The molecule has 0 saturated carbocycles. The highest BCUT2D eigenvalue weighted by Gasteiger charge is 2.14. The van der Waals surface area contributed by atoms with Crippen molar-refractivity contribution < 1.29 is 9.13 Å². The molecule has 4 rings (SSSR count). The standard InChI is InChI=1S/C21H16ClFN2O2S2/c1-27-16-6-2-13(3-7-16)11-25-20(26)19-18(8-9-28-19)24-21(25)29-12-14-4-5-15(23)10-17(14)22/h2-10H,11-12H2,1H3. The molecule has 0 spiro atoms. The van der Waals surface area contributed by atoms with Gasteiger partial charge in [-0.25, -0.2) is 9.37 Å². The predicted molar refractivity (Wildman–Crippen MR) is 117 cm³/mol. The molecule has 2 aromatic carbocycles. The van der Waals surface area contributed by atoms with Crippen molar-refractivity contribution in [3.8, 4) is 5.75 Å². The van der Waals surface area contributed by atoms with Crippen LogP contribution in [0, 0.1) is 5.82 Å². The van der Waals surface area contributed by atoms with Crippen LogP contribution in [0.25, 0.3) is 10.2 Å². The number of hydrogen-bond donors (Lipinski definition) is 0. The smallest absolute Gasteiger partial charge is 0.272 e. The highest BCUT2D eigenvalue weighted by atomic mass is 35.5. The molecule has 8 heteroatoms. The van der Waals surface area contributed by atoms with Crippen LogP contribution in [0.4, 0.5) is 4.39 Å². The molecular formula is C21H16ClFN2O2S2. The lowest BCUT2D eigenvalue weighted by atomic mass is 10.2. The van der Waals surface area contributed by atoms with Crippen molar-refractivity contribution in [2.24, 2.45) is 0 Å². The van der Waals surface area contributed by atoms with E-state index in [1.54, 1.807) is 17.7 Å². The molecule has 0 atom stereocenters. The number of benzene rings is 2. The van der Waals surface area contributed by atoms with Gasteiger partial charge in [0, 0.05) is 10.8 Å². The van der Waals surface area contributed by atoms with E-state index in [9.17, 15) is 9.18 Å². The zero-order valence-corrected chi connectivity index (χ0v) is 17.8. The normalized spacial score (nSPS) is 11.1. The number of rotatable bonds is 6. The molecule has 4 aromatic rings. The first-order valence-corrected chi connectivity index (χ1v) is 11.0. The van der Waals surface area contributed by atoms with E-state index in [-0.39, 0.29) is 11.4 Å². The topological polar surface area (TPSA) is 44.1 Å². The van der Waals surface area contributed by atoms with E-state index in [1.807, 2.05) is 35.7 Å². The highest BCUT2D eigenvalue weighted by Crippen LogP contribution is 2.28. The van der Waals surface area contributed by atoms with Crippen LogP contribution in [0.3, 0.4) is 0 Å². The molecule has 0 bridgehead atoms. The molecule has 2 aromatic heterocycles. The molecule has 29 heavy (non-hydrogen) atoms. The molecule has 0 unspecified atom stereocenters. The Morgan fingerprint density at radius 3 is 2.72 bits per heavy atom. The van der Waals surface area contributed by atoms with Gasteiger partial charge >= 0.3 is 0 Å². The Labute approximate surface area is 179 Å². The molecule has 0 N–H and O–H groups in total. The zero-order chi connectivity index (χ0) is 20.4. The first-order chi connectivity index (χ1) is 14.0. The summed E-state index contributed by atoms with van der Waals surface area (Å²) in [7, 11) is 1.61. The second kappa shape index (κ2) is 8.57. The Kier molecular flexibility index (Phi) is 5.89. The quantitative estimate of drug-likeness (QED) is 0.285. The van der Waals surface area contributed by atoms with Gasteiger partial charge in [-0.3, -0.25) is 9.36 Å². The first-order valence-electron chi connectivity index (χ1n) is 8.73. The molecule has 0 aliphatic heterocycles. The monoisotopic (exact) mass is 446 g/mol. The minimum absolute atomic E-state index is 0.0754. The molecule has 0 saturated heterocycles. The van der Waals surface area contributed by atoms with Gasteiger partial charge in [0.05, 0.1) is 19.2 Å². The molecule has 0 aliphatic rings. The molecule has 2 heterocycles. The van der Waals surface area contributed by atoms with E-state index in [4.69, 9.17) is 16.3 Å². The van der Waals surface area contributed by atoms with Gasteiger partial charge in [0.2, 0.25) is 0 Å². The summed E-state index contributed by atoms with van der Waals surface area (Å²) in [6.07, 6.45) is 0. The van der Waals surface area contributed by atoms with Gasteiger partial charge < -0.3 is 4.74 Å². The average molecular weight is 447 g/mol. The van der Waals surface area contributed by atoms with E-state index in [0.717, 1.165) is 16.9 Å². The zero-order valence-electron chi connectivity index (χ0n) is 15.4. The number of hydrogen-bond acceptors (Lipinski definition) is 5.